The molecule has 0 aliphatic carbocycles. The molecule has 5 rings (SSSR count). The molecular formula is C31H29ClF4N4O3. The summed E-state index contributed by atoms with van der Waals surface area (Å²) in [6, 6.07) is 16.2. The highest BCUT2D eigenvalue weighted by molar-refractivity contribution is 6.34. The van der Waals surface area contributed by atoms with Crippen LogP contribution in [0.5, 0.6) is 0 Å². The minimum absolute atomic E-state index is 0.0274. The van der Waals surface area contributed by atoms with E-state index in [-0.39, 0.29) is 18.7 Å². The first-order chi connectivity index (χ1) is 20.6. The molecule has 1 saturated heterocycles. The van der Waals surface area contributed by atoms with E-state index < -0.39 is 35.4 Å². The normalized spacial score (nSPS) is 17.6. The molecule has 12 heteroatoms. The first-order valence-electron chi connectivity index (χ1n) is 13.8. The van der Waals surface area contributed by atoms with E-state index in [1.807, 2.05) is 0 Å². The number of carbonyl (C=O) groups is 2. The number of carbonyl (C=O) groups excluding carboxylic acids is 2. The van der Waals surface area contributed by atoms with Gasteiger partial charge in [-0.3, -0.25) is 14.5 Å². The van der Waals surface area contributed by atoms with Crippen molar-refractivity contribution in [2.75, 3.05) is 45.9 Å². The summed E-state index contributed by atoms with van der Waals surface area (Å²) in [5, 5.41) is 6.35. The van der Waals surface area contributed by atoms with Crippen molar-refractivity contribution in [3.05, 3.63) is 106 Å². The summed E-state index contributed by atoms with van der Waals surface area (Å²) < 4.78 is 58.5. The minimum atomic E-state index is -4.55. The van der Waals surface area contributed by atoms with Gasteiger partial charge in [0.2, 0.25) is 0 Å². The zero-order chi connectivity index (χ0) is 30.6. The van der Waals surface area contributed by atoms with Crippen LogP contribution in [0, 0.1) is 5.82 Å². The van der Waals surface area contributed by atoms with Crippen LogP contribution in [-0.2, 0) is 15.7 Å². The summed E-state index contributed by atoms with van der Waals surface area (Å²) in [4.78, 5) is 30.9. The van der Waals surface area contributed by atoms with E-state index in [0.29, 0.717) is 61.1 Å². The van der Waals surface area contributed by atoms with E-state index in [0.717, 1.165) is 24.3 Å². The van der Waals surface area contributed by atoms with E-state index in [4.69, 9.17) is 16.3 Å². The number of hydrogen-bond donors (Lipinski definition) is 0. The lowest BCUT2D eigenvalue weighted by molar-refractivity contribution is -0.137. The Morgan fingerprint density at radius 2 is 1.65 bits per heavy atom. The topological polar surface area (TPSA) is 65.5 Å². The Labute approximate surface area is 251 Å². The first-order valence-corrected chi connectivity index (χ1v) is 14.1. The highest BCUT2D eigenvalue weighted by Gasteiger charge is 2.35. The summed E-state index contributed by atoms with van der Waals surface area (Å²) in [6.45, 7) is 2.61. The second-order valence-corrected chi connectivity index (χ2v) is 10.7. The zero-order valence-corrected chi connectivity index (χ0v) is 23.8. The van der Waals surface area contributed by atoms with Crippen LogP contribution in [0.1, 0.15) is 39.5 Å². The summed E-state index contributed by atoms with van der Waals surface area (Å²) in [7, 11) is 0. The predicted molar refractivity (Wildman–Crippen MR) is 153 cm³/mol. The number of nitrogens with zero attached hydrogens (tertiary/aromatic N) is 4. The van der Waals surface area contributed by atoms with Crippen molar-refractivity contribution in [3.8, 4) is 0 Å². The Hall–Kier alpha value is -3.80. The van der Waals surface area contributed by atoms with Gasteiger partial charge in [-0.25, -0.2) is 9.40 Å². The molecule has 2 aliphatic heterocycles. The number of alkyl halides is 3. The maximum atomic E-state index is 13.9. The molecule has 0 spiro atoms. The van der Waals surface area contributed by atoms with Gasteiger partial charge >= 0.3 is 6.18 Å². The molecule has 1 fully saturated rings. The van der Waals surface area contributed by atoms with Crippen molar-refractivity contribution in [3.63, 3.8) is 0 Å². The van der Waals surface area contributed by atoms with Crippen LogP contribution in [0.15, 0.2) is 77.9 Å². The van der Waals surface area contributed by atoms with Crippen molar-refractivity contribution in [2.45, 2.75) is 18.6 Å². The summed E-state index contributed by atoms with van der Waals surface area (Å²) in [6.07, 6.45) is -4.24. The second kappa shape index (κ2) is 13.2. The average molecular weight is 617 g/mol. The van der Waals surface area contributed by atoms with Crippen molar-refractivity contribution < 1.29 is 31.9 Å². The molecule has 3 aromatic carbocycles. The van der Waals surface area contributed by atoms with Crippen molar-refractivity contribution in [1.82, 2.24) is 14.8 Å². The van der Waals surface area contributed by atoms with E-state index in [2.05, 4.69) is 10.0 Å². The summed E-state index contributed by atoms with van der Waals surface area (Å²) >= 11 is 6.42. The molecule has 0 radical (unpaired) electrons. The highest BCUT2D eigenvalue weighted by Crippen LogP contribution is 2.35. The largest absolute Gasteiger partial charge is 0.416 e. The molecule has 7 nitrogen and oxygen atoms in total. The fraction of sp³-hybridized carbons (Fsp3) is 0.323. The lowest BCUT2D eigenvalue weighted by Gasteiger charge is -2.31. The van der Waals surface area contributed by atoms with E-state index in [1.165, 1.54) is 22.0 Å². The Morgan fingerprint density at radius 1 is 0.977 bits per heavy atom. The highest BCUT2D eigenvalue weighted by atomic mass is 35.5. The Kier molecular flexibility index (Phi) is 9.43. The Balaban J connectivity index is 1.42. The molecule has 3 aromatic rings. The summed E-state index contributed by atoms with van der Waals surface area (Å²) in [5.74, 6) is -1.51. The third-order valence-electron chi connectivity index (χ3n) is 7.47. The monoisotopic (exact) mass is 616 g/mol. The van der Waals surface area contributed by atoms with Gasteiger partial charge in [0.25, 0.3) is 11.8 Å². The minimum Gasteiger partial charge on any atom is -0.379 e. The molecule has 0 N–H and O–H groups in total. The number of halogens is 5. The van der Waals surface area contributed by atoms with Crippen molar-refractivity contribution >= 4 is 29.1 Å². The van der Waals surface area contributed by atoms with E-state index in [9.17, 15) is 27.2 Å². The third kappa shape index (κ3) is 7.41. The molecule has 0 bridgehead atoms. The molecule has 43 heavy (non-hydrogen) atoms. The van der Waals surface area contributed by atoms with Gasteiger partial charge in [0, 0.05) is 48.7 Å². The van der Waals surface area contributed by atoms with Gasteiger partial charge in [0.05, 0.1) is 30.5 Å². The van der Waals surface area contributed by atoms with Crippen molar-refractivity contribution in [2.24, 2.45) is 5.10 Å². The maximum Gasteiger partial charge on any atom is 0.416 e. The number of morpholine rings is 1. The first kappa shape index (κ1) is 30.7. The molecule has 226 valence electrons. The Morgan fingerprint density at radius 3 is 2.30 bits per heavy atom. The molecule has 0 unspecified atom stereocenters. The zero-order valence-electron chi connectivity index (χ0n) is 23.1. The quantitative estimate of drug-likeness (QED) is 0.307. The molecule has 2 heterocycles. The fourth-order valence-electron chi connectivity index (χ4n) is 5.10. The molecule has 0 aromatic heterocycles. The SMILES string of the molecule is O=C(c1ccc(C(F)(F)F)cc1)N(CCN1CCOCC1)CC(=O)N1N=C(c2ccccc2Cl)C[C@@H]1c1ccc(F)cc1. The number of rotatable bonds is 8. The second-order valence-electron chi connectivity index (χ2n) is 10.3. The average Bonchev–Trinajstić information content (AvgIpc) is 3.45. The summed E-state index contributed by atoms with van der Waals surface area (Å²) in [5.41, 5.74) is 1.01. The smallest absolute Gasteiger partial charge is 0.379 e. The van der Waals surface area contributed by atoms with Crippen LogP contribution < -0.4 is 0 Å². The van der Waals surface area contributed by atoms with E-state index in [1.54, 1.807) is 36.4 Å². The lowest BCUT2D eigenvalue weighted by Crippen LogP contribution is -2.46. The number of ether oxygens (including phenoxy) is 1. The number of hydrazone groups is 1. The standard InChI is InChI=1S/C31H29ClF4N4O3/c32-26-4-2-1-3-25(26)27-19-28(21-7-11-24(33)12-8-21)40(37-27)29(41)20-39(14-13-38-15-17-43-18-16-38)30(42)22-5-9-23(10-6-22)31(34,35)36/h1-12,28H,13-20H2/t28-/m1/s1. The molecular weight excluding hydrogens is 588 g/mol. The molecule has 1 atom stereocenters. The van der Waals surface area contributed by atoms with Crippen LogP contribution in [0.25, 0.3) is 0 Å². The van der Waals surface area contributed by atoms with Gasteiger partial charge in [0.1, 0.15) is 12.4 Å². The van der Waals surface area contributed by atoms with Gasteiger partial charge in [-0.15, -0.1) is 0 Å². The van der Waals surface area contributed by atoms with Gasteiger partial charge in [0.15, 0.2) is 0 Å². The van der Waals surface area contributed by atoms with E-state index >= 15 is 0 Å². The number of hydrogen-bond acceptors (Lipinski definition) is 5. The lowest BCUT2D eigenvalue weighted by atomic mass is 9.98. The van der Waals surface area contributed by atoms with Gasteiger partial charge < -0.3 is 9.64 Å². The van der Waals surface area contributed by atoms with Gasteiger partial charge in [-0.05, 0) is 48.0 Å². The maximum absolute atomic E-state index is 13.9. The van der Waals surface area contributed by atoms with Crippen LogP contribution >= 0.6 is 11.6 Å². The molecule has 2 amide bonds. The van der Waals surface area contributed by atoms with Gasteiger partial charge in [-0.1, -0.05) is 41.9 Å². The van der Waals surface area contributed by atoms with Crippen LogP contribution in [-0.4, -0.2) is 78.3 Å². The van der Waals surface area contributed by atoms with Gasteiger partial charge in [-0.2, -0.15) is 18.3 Å². The Bertz CT molecular complexity index is 1480. The molecule has 2 aliphatic rings. The van der Waals surface area contributed by atoms with Crippen LogP contribution in [0.4, 0.5) is 17.6 Å². The third-order valence-corrected chi connectivity index (χ3v) is 7.80. The molecule has 0 saturated carbocycles. The van der Waals surface area contributed by atoms with Crippen LogP contribution in [0.3, 0.4) is 0 Å². The number of benzene rings is 3. The predicted octanol–water partition coefficient (Wildman–Crippen LogP) is 5.65. The van der Waals surface area contributed by atoms with Crippen LogP contribution in [0.2, 0.25) is 5.02 Å². The number of amides is 2. The fourth-order valence-corrected chi connectivity index (χ4v) is 5.35. The van der Waals surface area contributed by atoms with Crippen molar-refractivity contribution in [1.29, 1.82) is 0 Å².